The zero-order valence-corrected chi connectivity index (χ0v) is 15.1. The van der Waals surface area contributed by atoms with Crippen molar-refractivity contribution < 1.29 is 32.5 Å². The molecule has 0 amide bonds. The predicted molar refractivity (Wildman–Crippen MR) is 93.9 cm³/mol. The Morgan fingerprint density at radius 2 is 1.90 bits per heavy atom. The molecule has 0 aliphatic carbocycles. The number of aliphatic carboxylic acids is 1. The van der Waals surface area contributed by atoms with Crippen LogP contribution in [0.15, 0.2) is 41.2 Å². The minimum atomic E-state index is -5.08. The summed E-state index contributed by atoms with van der Waals surface area (Å²) in [7, 11) is 1.81. The Balaban J connectivity index is 0.000000396. The molecule has 2 N–H and O–H groups in total. The average Bonchev–Trinajstić information content (AvgIpc) is 3.19. The minimum Gasteiger partial charge on any atom is -0.475 e. The van der Waals surface area contributed by atoms with Crippen LogP contribution in [0.3, 0.4) is 0 Å². The van der Waals surface area contributed by atoms with Gasteiger partial charge in [-0.25, -0.2) is 14.8 Å². The fourth-order valence-electron chi connectivity index (χ4n) is 1.93. The standard InChI is InChI=1S/C14H12N6O3.C2HF3O2/c1-15-8-12-16-6-10(7-17-12)14-18-13(19-23-14)9-3-2-4-11(5-9)20(21)22;3-2(4,5)1(6)7/h2-7,15H,8H2,1H3;(H,6,7). The molecule has 2 heterocycles. The van der Waals surface area contributed by atoms with Crippen LogP contribution in [-0.2, 0) is 11.3 Å². The number of halogens is 3. The highest BCUT2D eigenvalue weighted by atomic mass is 19.4. The third-order valence-electron chi connectivity index (χ3n) is 3.27. The zero-order valence-electron chi connectivity index (χ0n) is 15.1. The molecule has 1 aromatic carbocycles. The maximum atomic E-state index is 10.8. The second-order valence-electron chi connectivity index (χ2n) is 5.45. The molecular weight excluding hydrogens is 413 g/mol. The van der Waals surface area contributed by atoms with Gasteiger partial charge in [0.15, 0.2) is 0 Å². The first-order valence-corrected chi connectivity index (χ1v) is 7.96. The second kappa shape index (κ2) is 9.51. The number of benzene rings is 1. The van der Waals surface area contributed by atoms with Gasteiger partial charge in [-0.05, 0) is 7.05 Å². The first-order chi connectivity index (χ1) is 14.1. The summed E-state index contributed by atoms with van der Waals surface area (Å²) >= 11 is 0. The minimum absolute atomic E-state index is 0.0337. The summed E-state index contributed by atoms with van der Waals surface area (Å²) in [4.78, 5) is 31.8. The number of nitro benzene ring substituents is 1. The maximum Gasteiger partial charge on any atom is 0.490 e. The molecule has 11 nitrogen and oxygen atoms in total. The molecule has 3 rings (SSSR count). The summed E-state index contributed by atoms with van der Waals surface area (Å²) < 4.78 is 36.9. The first kappa shape index (κ1) is 22.4. The van der Waals surface area contributed by atoms with E-state index < -0.39 is 17.1 Å². The highest BCUT2D eigenvalue weighted by Gasteiger charge is 2.38. The van der Waals surface area contributed by atoms with Crippen LogP contribution in [0.1, 0.15) is 5.82 Å². The van der Waals surface area contributed by atoms with Gasteiger partial charge in [0.2, 0.25) is 5.82 Å². The number of alkyl halides is 3. The van der Waals surface area contributed by atoms with Crippen molar-refractivity contribution >= 4 is 11.7 Å². The number of carboxylic acids is 1. The van der Waals surface area contributed by atoms with Gasteiger partial charge < -0.3 is 14.9 Å². The SMILES string of the molecule is CNCc1ncc(-c2nc(-c3cccc([N+](=O)[O-])c3)no2)cn1.O=C(O)C(F)(F)F. The summed E-state index contributed by atoms with van der Waals surface area (Å²) in [6.45, 7) is 0.559. The van der Waals surface area contributed by atoms with Crippen molar-refractivity contribution in [3.63, 3.8) is 0 Å². The number of hydrogen-bond donors (Lipinski definition) is 2. The third kappa shape index (κ3) is 6.03. The fraction of sp³-hybridized carbons (Fsp3) is 0.188. The summed E-state index contributed by atoms with van der Waals surface area (Å²) in [5.41, 5.74) is 1.05. The Morgan fingerprint density at radius 3 is 2.43 bits per heavy atom. The number of nitrogens with zero attached hydrogens (tertiary/aromatic N) is 5. The molecule has 0 fully saturated rings. The fourth-order valence-corrected chi connectivity index (χ4v) is 1.93. The Hall–Kier alpha value is -3.94. The van der Waals surface area contributed by atoms with E-state index in [2.05, 4.69) is 25.4 Å². The van der Waals surface area contributed by atoms with Gasteiger partial charge in [-0.15, -0.1) is 0 Å². The van der Waals surface area contributed by atoms with Crippen molar-refractivity contribution in [2.24, 2.45) is 0 Å². The molecule has 0 saturated heterocycles. The lowest BCUT2D eigenvalue weighted by Gasteiger charge is -1.98. The Labute approximate surface area is 165 Å². The topological polar surface area (TPSA) is 157 Å². The van der Waals surface area contributed by atoms with Crippen molar-refractivity contribution in [2.75, 3.05) is 7.05 Å². The molecule has 30 heavy (non-hydrogen) atoms. The van der Waals surface area contributed by atoms with Crippen LogP contribution in [0.5, 0.6) is 0 Å². The van der Waals surface area contributed by atoms with E-state index in [1.807, 2.05) is 0 Å². The number of nitro groups is 1. The van der Waals surface area contributed by atoms with Crippen molar-refractivity contribution in [1.82, 2.24) is 25.4 Å². The van der Waals surface area contributed by atoms with Crippen LogP contribution in [0.4, 0.5) is 18.9 Å². The maximum absolute atomic E-state index is 10.8. The smallest absolute Gasteiger partial charge is 0.475 e. The van der Waals surface area contributed by atoms with Crippen molar-refractivity contribution in [3.8, 4) is 22.8 Å². The molecule has 2 aromatic heterocycles. The van der Waals surface area contributed by atoms with E-state index in [1.165, 1.54) is 12.1 Å². The number of non-ortho nitro benzene ring substituents is 1. The summed E-state index contributed by atoms with van der Waals surface area (Å²) in [5, 5.41) is 24.7. The van der Waals surface area contributed by atoms with Gasteiger partial charge in [0.05, 0.1) is 17.0 Å². The van der Waals surface area contributed by atoms with Crippen LogP contribution in [0.25, 0.3) is 22.8 Å². The van der Waals surface area contributed by atoms with E-state index >= 15 is 0 Å². The van der Waals surface area contributed by atoms with Gasteiger partial charge >= 0.3 is 12.1 Å². The highest BCUT2D eigenvalue weighted by molar-refractivity contribution is 5.73. The van der Waals surface area contributed by atoms with Crippen molar-refractivity contribution in [3.05, 3.63) is 52.6 Å². The van der Waals surface area contributed by atoms with E-state index in [1.54, 1.807) is 31.6 Å². The zero-order chi connectivity index (χ0) is 22.3. The van der Waals surface area contributed by atoms with E-state index in [-0.39, 0.29) is 17.4 Å². The number of carbonyl (C=O) groups is 1. The molecule has 0 atom stereocenters. The molecule has 0 radical (unpaired) electrons. The lowest BCUT2D eigenvalue weighted by molar-refractivity contribution is -0.384. The van der Waals surface area contributed by atoms with Crippen LogP contribution >= 0.6 is 0 Å². The van der Waals surface area contributed by atoms with E-state index in [0.717, 1.165) is 0 Å². The second-order valence-corrected chi connectivity index (χ2v) is 5.45. The average molecular weight is 426 g/mol. The van der Waals surface area contributed by atoms with Gasteiger partial charge in [-0.1, -0.05) is 17.3 Å². The first-order valence-electron chi connectivity index (χ1n) is 7.96. The quantitative estimate of drug-likeness (QED) is 0.459. The largest absolute Gasteiger partial charge is 0.490 e. The van der Waals surface area contributed by atoms with Gasteiger partial charge in [0.1, 0.15) is 5.82 Å². The molecule has 3 aromatic rings. The van der Waals surface area contributed by atoms with Crippen molar-refractivity contribution in [1.29, 1.82) is 0 Å². The Morgan fingerprint density at radius 1 is 1.27 bits per heavy atom. The van der Waals surface area contributed by atoms with Gasteiger partial charge in [-0.2, -0.15) is 18.2 Å². The predicted octanol–water partition coefficient (Wildman–Crippen LogP) is 2.45. The van der Waals surface area contributed by atoms with Gasteiger partial charge in [0.25, 0.3) is 11.6 Å². The van der Waals surface area contributed by atoms with Crippen LogP contribution in [0, 0.1) is 10.1 Å². The van der Waals surface area contributed by atoms with Crippen molar-refractivity contribution in [2.45, 2.75) is 12.7 Å². The van der Waals surface area contributed by atoms with E-state index in [9.17, 15) is 23.3 Å². The number of hydrogen-bond acceptors (Lipinski definition) is 9. The molecular formula is C16H13F3N6O5. The molecule has 0 saturated carbocycles. The van der Waals surface area contributed by atoms with Crippen LogP contribution in [-0.4, -0.2) is 49.3 Å². The van der Waals surface area contributed by atoms with E-state index in [0.29, 0.717) is 23.5 Å². The number of nitrogens with one attached hydrogen (secondary N) is 1. The lowest BCUT2D eigenvalue weighted by Crippen LogP contribution is -2.21. The monoisotopic (exact) mass is 426 g/mol. The Kier molecular flexibility index (Phi) is 7.08. The van der Waals surface area contributed by atoms with Gasteiger partial charge in [-0.3, -0.25) is 10.1 Å². The van der Waals surface area contributed by atoms with Crippen LogP contribution in [0.2, 0.25) is 0 Å². The molecule has 158 valence electrons. The van der Waals surface area contributed by atoms with Gasteiger partial charge in [0, 0.05) is 30.1 Å². The number of aromatic nitrogens is 4. The van der Waals surface area contributed by atoms with Crippen LogP contribution < -0.4 is 5.32 Å². The molecule has 0 unspecified atom stereocenters. The molecule has 0 bridgehead atoms. The summed E-state index contributed by atoms with van der Waals surface area (Å²) in [5.74, 6) is -1.59. The van der Waals surface area contributed by atoms with E-state index in [4.69, 9.17) is 14.4 Å². The summed E-state index contributed by atoms with van der Waals surface area (Å²) in [6, 6.07) is 6.03. The molecule has 0 aliphatic rings. The number of carboxylic acid groups (broad SMARTS) is 1. The molecule has 14 heteroatoms. The normalized spacial score (nSPS) is 10.8. The highest BCUT2D eigenvalue weighted by Crippen LogP contribution is 2.24. The molecule has 0 spiro atoms. The number of rotatable bonds is 5. The lowest BCUT2D eigenvalue weighted by atomic mass is 10.2. The third-order valence-corrected chi connectivity index (χ3v) is 3.27. The summed E-state index contributed by atoms with van der Waals surface area (Å²) in [6.07, 6.45) is -1.91. The Bertz CT molecular complexity index is 1020. The molecule has 0 aliphatic heterocycles.